The number of carbonyl (C=O) groups is 2. The topological polar surface area (TPSA) is 75.6 Å². The third-order valence-electron chi connectivity index (χ3n) is 2.84. The number of rotatable bonds is 6. The SMILES string of the molecule is COCCC1(C(=O)N[C@@H](C)C(=O)O)CC1. The van der Waals surface area contributed by atoms with Crippen molar-refractivity contribution in [2.24, 2.45) is 5.41 Å². The van der Waals surface area contributed by atoms with Gasteiger partial charge >= 0.3 is 5.97 Å². The lowest BCUT2D eigenvalue weighted by Crippen LogP contribution is -2.42. The van der Waals surface area contributed by atoms with Crippen LogP contribution < -0.4 is 5.32 Å². The van der Waals surface area contributed by atoms with Crippen LogP contribution in [-0.2, 0) is 14.3 Å². The highest BCUT2D eigenvalue weighted by Gasteiger charge is 2.49. The number of methoxy groups -OCH3 is 1. The van der Waals surface area contributed by atoms with Gasteiger partial charge in [-0.15, -0.1) is 0 Å². The lowest BCUT2D eigenvalue weighted by molar-refractivity contribution is -0.142. The van der Waals surface area contributed by atoms with Crippen LogP contribution in [0.1, 0.15) is 26.2 Å². The fraction of sp³-hybridized carbons (Fsp3) is 0.800. The van der Waals surface area contributed by atoms with E-state index in [9.17, 15) is 9.59 Å². The van der Waals surface area contributed by atoms with Gasteiger partial charge in [-0.2, -0.15) is 0 Å². The Morgan fingerprint density at radius 3 is 2.53 bits per heavy atom. The zero-order valence-corrected chi connectivity index (χ0v) is 9.08. The second kappa shape index (κ2) is 4.61. The van der Waals surface area contributed by atoms with Crippen molar-refractivity contribution >= 4 is 11.9 Å². The molecule has 5 heteroatoms. The van der Waals surface area contributed by atoms with Crippen molar-refractivity contribution in [1.82, 2.24) is 5.32 Å². The van der Waals surface area contributed by atoms with E-state index in [-0.39, 0.29) is 11.3 Å². The van der Waals surface area contributed by atoms with E-state index in [0.717, 1.165) is 12.8 Å². The van der Waals surface area contributed by atoms with Gasteiger partial charge in [0.2, 0.25) is 5.91 Å². The number of amides is 1. The highest BCUT2D eigenvalue weighted by molar-refractivity contribution is 5.89. The summed E-state index contributed by atoms with van der Waals surface area (Å²) in [6.07, 6.45) is 2.32. The third kappa shape index (κ3) is 2.92. The van der Waals surface area contributed by atoms with Gasteiger partial charge in [-0.05, 0) is 26.2 Å². The van der Waals surface area contributed by atoms with E-state index < -0.39 is 12.0 Å². The number of nitrogens with one attached hydrogen (secondary N) is 1. The molecular weight excluding hydrogens is 198 g/mol. The van der Waals surface area contributed by atoms with Crippen LogP contribution in [0.3, 0.4) is 0 Å². The van der Waals surface area contributed by atoms with Crippen molar-refractivity contribution in [2.45, 2.75) is 32.2 Å². The second-order valence-corrected chi connectivity index (χ2v) is 4.06. The van der Waals surface area contributed by atoms with Gasteiger partial charge in [0.05, 0.1) is 5.41 Å². The van der Waals surface area contributed by atoms with Crippen LogP contribution in [0.4, 0.5) is 0 Å². The summed E-state index contributed by atoms with van der Waals surface area (Å²) in [5.74, 6) is -1.17. The highest BCUT2D eigenvalue weighted by atomic mass is 16.5. The molecule has 2 N–H and O–H groups in total. The number of ether oxygens (including phenoxy) is 1. The Kier molecular flexibility index (Phi) is 3.68. The summed E-state index contributed by atoms with van der Waals surface area (Å²) >= 11 is 0. The van der Waals surface area contributed by atoms with E-state index in [1.807, 2.05) is 0 Å². The summed E-state index contributed by atoms with van der Waals surface area (Å²) < 4.78 is 4.92. The Bertz CT molecular complexity index is 260. The van der Waals surface area contributed by atoms with E-state index in [2.05, 4.69) is 5.32 Å². The monoisotopic (exact) mass is 215 g/mol. The van der Waals surface area contributed by atoms with Gasteiger partial charge in [0.15, 0.2) is 0 Å². The van der Waals surface area contributed by atoms with E-state index in [1.165, 1.54) is 6.92 Å². The molecule has 0 aromatic carbocycles. The Labute approximate surface area is 88.8 Å². The smallest absolute Gasteiger partial charge is 0.325 e. The fourth-order valence-corrected chi connectivity index (χ4v) is 1.45. The molecule has 1 aliphatic rings. The van der Waals surface area contributed by atoms with Crippen molar-refractivity contribution in [2.75, 3.05) is 13.7 Å². The molecule has 0 unspecified atom stereocenters. The summed E-state index contributed by atoms with van der Waals surface area (Å²) in [5.41, 5.74) is -0.361. The predicted molar refractivity (Wildman–Crippen MR) is 53.4 cm³/mol. The Morgan fingerprint density at radius 2 is 2.13 bits per heavy atom. The molecule has 1 saturated carbocycles. The molecule has 15 heavy (non-hydrogen) atoms. The minimum Gasteiger partial charge on any atom is -0.480 e. The quantitative estimate of drug-likeness (QED) is 0.672. The van der Waals surface area contributed by atoms with E-state index in [1.54, 1.807) is 7.11 Å². The van der Waals surface area contributed by atoms with E-state index in [4.69, 9.17) is 9.84 Å². The molecule has 0 saturated heterocycles. The first kappa shape index (κ1) is 12.0. The number of aliphatic carboxylic acids is 1. The van der Waals surface area contributed by atoms with Crippen LogP contribution in [0.5, 0.6) is 0 Å². The second-order valence-electron chi connectivity index (χ2n) is 4.06. The van der Waals surface area contributed by atoms with Crippen molar-refractivity contribution in [1.29, 1.82) is 0 Å². The van der Waals surface area contributed by atoms with Gasteiger partial charge in [-0.1, -0.05) is 0 Å². The van der Waals surface area contributed by atoms with Crippen LogP contribution in [0.2, 0.25) is 0 Å². The maximum Gasteiger partial charge on any atom is 0.325 e. The lowest BCUT2D eigenvalue weighted by atomic mass is 10.0. The molecule has 0 aliphatic heterocycles. The van der Waals surface area contributed by atoms with Crippen molar-refractivity contribution in [3.05, 3.63) is 0 Å². The molecular formula is C10H17NO4. The molecule has 0 aromatic rings. The minimum atomic E-state index is -1.01. The zero-order valence-electron chi connectivity index (χ0n) is 9.08. The lowest BCUT2D eigenvalue weighted by Gasteiger charge is -2.16. The standard InChI is InChI=1S/C10H17NO4/c1-7(8(12)13)11-9(14)10(3-4-10)5-6-15-2/h7H,3-6H2,1-2H3,(H,11,14)(H,12,13)/t7-/m0/s1. The molecule has 5 nitrogen and oxygen atoms in total. The molecule has 1 fully saturated rings. The van der Waals surface area contributed by atoms with Crippen molar-refractivity contribution < 1.29 is 19.4 Å². The molecule has 1 atom stereocenters. The van der Waals surface area contributed by atoms with Gasteiger partial charge in [0.1, 0.15) is 6.04 Å². The fourth-order valence-electron chi connectivity index (χ4n) is 1.45. The zero-order chi connectivity index (χ0) is 11.5. The van der Waals surface area contributed by atoms with Crippen LogP contribution in [0, 0.1) is 5.41 Å². The first-order valence-electron chi connectivity index (χ1n) is 5.04. The summed E-state index contributed by atoms with van der Waals surface area (Å²) in [6.45, 7) is 2.00. The molecule has 0 radical (unpaired) electrons. The summed E-state index contributed by atoms with van der Waals surface area (Å²) in [6, 6.07) is -0.822. The first-order chi connectivity index (χ1) is 7.02. The maximum atomic E-state index is 11.7. The molecule has 86 valence electrons. The number of carboxylic acid groups (broad SMARTS) is 1. The molecule has 0 aromatic heterocycles. The normalized spacial score (nSPS) is 19.3. The van der Waals surface area contributed by atoms with Gasteiger partial charge < -0.3 is 15.2 Å². The Hall–Kier alpha value is -1.10. The molecule has 1 rings (SSSR count). The largest absolute Gasteiger partial charge is 0.480 e. The van der Waals surface area contributed by atoms with Gasteiger partial charge in [-0.25, -0.2) is 0 Å². The molecule has 0 spiro atoms. The summed E-state index contributed by atoms with van der Waals surface area (Å²) in [7, 11) is 1.59. The number of carbonyl (C=O) groups excluding carboxylic acids is 1. The minimum absolute atomic E-state index is 0.158. The number of hydrogen-bond acceptors (Lipinski definition) is 3. The third-order valence-corrected chi connectivity index (χ3v) is 2.84. The predicted octanol–water partition coefficient (Wildman–Crippen LogP) is 0.392. The average Bonchev–Trinajstić information content (AvgIpc) is 2.95. The maximum absolute atomic E-state index is 11.7. The van der Waals surface area contributed by atoms with Crippen molar-refractivity contribution in [3.63, 3.8) is 0 Å². The average molecular weight is 215 g/mol. The van der Waals surface area contributed by atoms with Crippen LogP contribution in [-0.4, -0.2) is 36.7 Å². The Morgan fingerprint density at radius 1 is 1.53 bits per heavy atom. The molecule has 0 heterocycles. The highest BCUT2D eigenvalue weighted by Crippen LogP contribution is 2.49. The van der Waals surface area contributed by atoms with Gasteiger partial charge in [-0.3, -0.25) is 9.59 Å². The van der Waals surface area contributed by atoms with Gasteiger partial charge in [0.25, 0.3) is 0 Å². The van der Waals surface area contributed by atoms with E-state index >= 15 is 0 Å². The van der Waals surface area contributed by atoms with Gasteiger partial charge in [0, 0.05) is 13.7 Å². The Balaban J connectivity index is 2.43. The van der Waals surface area contributed by atoms with Crippen LogP contribution >= 0.6 is 0 Å². The van der Waals surface area contributed by atoms with Crippen LogP contribution in [0.25, 0.3) is 0 Å². The van der Waals surface area contributed by atoms with E-state index in [0.29, 0.717) is 13.0 Å². The summed E-state index contributed by atoms with van der Waals surface area (Å²) in [5, 5.41) is 11.2. The first-order valence-corrected chi connectivity index (χ1v) is 5.04. The van der Waals surface area contributed by atoms with Crippen LogP contribution in [0.15, 0.2) is 0 Å². The van der Waals surface area contributed by atoms with Crippen molar-refractivity contribution in [3.8, 4) is 0 Å². The summed E-state index contributed by atoms with van der Waals surface area (Å²) in [4.78, 5) is 22.3. The number of carboxylic acids is 1. The molecule has 1 amide bonds. The molecule has 1 aliphatic carbocycles. The molecule has 0 bridgehead atoms. The number of hydrogen-bond donors (Lipinski definition) is 2.